The van der Waals surface area contributed by atoms with Crippen LogP contribution >= 0.6 is 0 Å². The Bertz CT molecular complexity index is 866. The van der Waals surface area contributed by atoms with E-state index < -0.39 is 5.60 Å². The summed E-state index contributed by atoms with van der Waals surface area (Å²) in [6.45, 7) is 5.24. The summed E-state index contributed by atoms with van der Waals surface area (Å²) < 4.78 is 5.21. The Labute approximate surface area is 139 Å². The number of hydrogen-bond acceptors (Lipinski definition) is 7. The Kier molecular flexibility index (Phi) is 3.45. The molecule has 0 aliphatic carbocycles. The van der Waals surface area contributed by atoms with Crippen molar-refractivity contribution in [2.24, 2.45) is 0 Å². The molecule has 24 heavy (non-hydrogen) atoms. The standard InChI is InChI=1S/C17H19N5O2/c1-11-3-4-13(18-9-11)17(23)5-7-22(8-6-17)15-14-12(2)21-24-16(14)20-10-19-15/h3-4,9-10,23H,5-8H2,1-2H3. The van der Waals surface area contributed by atoms with Gasteiger partial charge in [0.15, 0.2) is 0 Å². The molecule has 0 spiro atoms. The average Bonchev–Trinajstić information content (AvgIpc) is 2.98. The van der Waals surface area contributed by atoms with E-state index in [1.165, 1.54) is 6.33 Å². The second kappa shape index (κ2) is 5.52. The monoisotopic (exact) mass is 325 g/mol. The van der Waals surface area contributed by atoms with Gasteiger partial charge in [-0.1, -0.05) is 11.2 Å². The first-order valence-electron chi connectivity index (χ1n) is 8.04. The molecule has 0 aromatic carbocycles. The van der Waals surface area contributed by atoms with Crippen molar-refractivity contribution in [3.05, 3.63) is 41.6 Å². The first-order valence-corrected chi connectivity index (χ1v) is 8.04. The molecule has 0 radical (unpaired) electrons. The van der Waals surface area contributed by atoms with Gasteiger partial charge in [-0.05, 0) is 38.3 Å². The normalized spacial score (nSPS) is 17.4. The summed E-state index contributed by atoms with van der Waals surface area (Å²) >= 11 is 0. The van der Waals surface area contributed by atoms with Crippen LogP contribution in [0.25, 0.3) is 11.1 Å². The van der Waals surface area contributed by atoms with Crippen molar-refractivity contribution < 1.29 is 9.63 Å². The molecule has 3 aromatic heterocycles. The van der Waals surface area contributed by atoms with Gasteiger partial charge < -0.3 is 14.5 Å². The van der Waals surface area contributed by atoms with Gasteiger partial charge in [-0.2, -0.15) is 4.98 Å². The van der Waals surface area contributed by atoms with Crippen molar-refractivity contribution in [3.8, 4) is 0 Å². The predicted molar refractivity (Wildman–Crippen MR) is 88.7 cm³/mol. The summed E-state index contributed by atoms with van der Waals surface area (Å²) in [6.07, 6.45) is 4.48. The third-order valence-corrected chi connectivity index (χ3v) is 4.70. The number of aryl methyl sites for hydroxylation is 2. The molecule has 0 atom stereocenters. The highest BCUT2D eigenvalue weighted by molar-refractivity contribution is 5.87. The number of pyridine rings is 1. The largest absolute Gasteiger partial charge is 0.383 e. The first-order chi connectivity index (χ1) is 11.6. The lowest BCUT2D eigenvalue weighted by Crippen LogP contribution is -2.43. The van der Waals surface area contributed by atoms with Gasteiger partial charge >= 0.3 is 0 Å². The van der Waals surface area contributed by atoms with E-state index in [1.54, 1.807) is 6.20 Å². The molecule has 1 fully saturated rings. The zero-order chi connectivity index (χ0) is 16.7. The molecule has 124 valence electrons. The number of fused-ring (bicyclic) bond motifs is 1. The molecule has 1 aliphatic rings. The molecule has 0 unspecified atom stereocenters. The van der Waals surface area contributed by atoms with Crippen LogP contribution in [0.15, 0.2) is 29.2 Å². The zero-order valence-electron chi connectivity index (χ0n) is 13.7. The topological polar surface area (TPSA) is 88.2 Å². The van der Waals surface area contributed by atoms with Gasteiger partial charge in [-0.15, -0.1) is 0 Å². The van der Waals surface area contributed by atoms with E-state index in [1.807, 2.05) is 26.0 Å². The van der Waals surface area contributed by atoms with E-state index in [-0.39, 0.29) is 0 Å². The highest BCUT2D eigenvalue weighted by Crippen LogP contribution is 2.35. The van der Waals surface area contributed by atoms with Crippen LogP contribution in [0, 0.1) is 13.8 Å². The van der Waals surface area contributed by atoms with Gasteiger partial charge in [0.05, 0.1) is 11.4 Å². The maximum Gasteiger partial charge on any atom is 0.263 e. The maximum atomic E-state index is 11.0. The molecule has 1 aliphatic heterocycles. The summed E-state index contributed by atoms with van der Waals surface area (Å²) in [5.74, 6) is 0.817. The second-order valence-electron chi connectivity index (χ2n) is 6.38. The van der Waals surface area contributed by atoms with Crippen molar-refractivity contribution in [3.63, 3.8) is 0 Å². The minimum Gasteiger partial charge on any atom is -0.383 e. The minimum absolute atomic E-state index is 0.499. The molecule has 1 saturated heterocycles. The summed E-state index contributed by atoms with van der Waals surface area (Å²) in [5, 5.41) is 15.8. The predicted octanol–water partition coefficient (Wildman–Crippen LogP) is 2.12. The molecule has 0 saturated carbocycles. The van der Waals surface area contributed by atoms with Crippen LogP contribution in [-0.2, 0) is 5.60 Å². The van der Waals surface area contributed by atoms with Crippen molar-refractivity contribution in [1.29, 1.82) is 0 Å². The summed E-state index contributed by atoms with van der Waals surface area (Å²) in [7, 11) is 0. The number of hydrogen-bond donors (Lipinski definition) is 1. The smallest absolute Gasteiger partial charge is 0.263 e. The first kappa shape index (κ1) is 15.0. The maximum absolute atomic E-state index is 11.0. The lowest BCUT2D eigenvalue weighted by molar-refractivity contribution is 0.00752. The molecule has 0 amide bonds. The number of aliphatic hydroxyl groups is 1. The van der Waals surface area contributed by atoms with Crippen LogP contribution in [0.5, 0.6) is 0 Å². The zero-order valence-corrected chi connectivity index (χ0v) is 13.7. The van der Waals surface area contributed by atoms with Crippen LogP contribution in [0.1, 0.15) is 29.8 Å². The highest BCUT2D eigenvalue weighted by atomic mass is 16.5. The van der Waals surface area contributed by atoms with Gasteiger partial charge in [0.2, 0.25) is 0 Å². The quantitative estimate of drug-likeness (QED) is 0.772. The van der Waals surface area contributed by atoms with E-state index >= 15 is 0 Å². The molecule has 3 aromatic rings. The van der Waals surface area contributed by atoms with Crippen molar-refractivity contribution in [2.75, 3.05) is 18.0 Å². The van der Waals surface area contributed by atoms with Gasteiger partial charge in [-0.25, -0.2) is 4.98 Å². The van der Waals surface area contributed by atoms with E-state index in [9.17, 15) is 5.11 Å². The van der Waals surface area contributed by atoms with Gasteiger partial charge in [0.25, 0.3) is 5.71 Å². The molecule has 1 N–H and O–H groups in total. The summed E-state index contributed by atoms with van der Waals surface area (Å²) in [6, 6.07) is 3.90. The van der Waals surface area contributed by atoms with Crippen molar-refractivity contribution in [2.45, 2.75) is 32.3 Å². The third kappa shape index (κ3) is 2.41. The minimum atomic E-state index is -0.889. The molecular weight excluding hydrogens is 306 g/mol. The Morgan fingerprint density at radius 1 is 1.12 bits per heavy atom. The Balaban J connectivity index is 1.59. The molecule has 4 rings (SSSR count). The highest BCUT2D eigenvalue weighted by Gasteiger charge is 2.36. The van der Waals surface area contributed by atoms with Crippen LogP contribution in [-0.4, -0.2) is 38.3 Å². The van der Waals surface area contributed by atoms with Gasteiger partial charge in [-0.3, -0.25) is 4.98 Å². The second-order valence-corrected chi connectivity index (χ2v) is 6.38. The molecule has 7 nitrogen and oxygen atoms in total. The molecule has 7 heteroatoms. The number of nitrogens with zero attached hydrogens (tertiary/aromatic N) is 5. The summed E-state index contributed by atoms with van der Waals surface area (Å²) in [5.41, 5.74) is 2.22. The molecular formula is C17H19N5O2. The van der Waals surface area contributed by atoms with Crippen molar-refractivity contribution in [1.82, 2.24) is 20.1 Å². The van der Waals surface area contributed by atoms with E-state index in [0.717, 1.165) is 28.2 Å². The fourth-order valence-electron chi connectivity index (χ4n) is 3.23. The lowest BCUT2D eigenvalue weighted by atomic mass is 9.87. The number of piperidine rings is 1. The van der Waals surface area contributed by atoms with Crippen LogP contribution in [0.2, 0.25) is 0 Å². The lowest BCUT2D eigenvalue weighted by Gasteiger charge is -2.38. The average molecular weight is 325 g/mol. The molecule has 0 bridgehead atoms. The van der Waals surface area contributed by atoms with Crippen LogP contribution in [0.3, 0.4) is 0 Å². The van der Waals surface area contributed by atoms with Gasteiger partial charge in [0.1, 0.15) is 23.1 Å². The van der Waals surface area contributed by atoms with Gasteiger partial charge in [0, 0.05) is 19.3 Å². The number of rotatable bonds is 2. The SMILES string of the molecule is Cc1ccc(C2(O)CCN(c3ncnc4onc(C)c34)CC2)nc1. The third-order valence-electron chi connectivity index (χ3n) is 4.70. The Morgan fingerprint density at radius 3 is 2.62 bits per heavy atom. The fourth-order valence-corrected chi connectivity index (χ4v) is 3.23. The van der Waals surface area contributed by atoms with Crippen molar-refractivity contribution >= 4 is 16.9 Å². The molecule has 4 heterocycles. The van der Waals surface area contributed by atoms with E-state index in [4.69, 9.17) is 4.52 Å². The number of anilines is 1. The van der Waals surface area contributed by atoms with E-state index in [2.05, 4.69) is 25.0 Å². The Hall–Kier alpha value is -2.54. The van der Waals surface area contributed by atoms with Crippen LogP contribution < -0.4 is 4.90 Å². The van der Waals surface area contributed by atoms with Crippen LogP contribution in [0.4, 0.5) is 5.82 Å². The Morgan fingerprint density at radius 2 is 1.92 bits per heavy atom. The number of aromatic nitrogens is 4. The van der Waals surface area contributed by atoms with E-state index in [0.29, 0.717) is 31.6 Å². The summed E-state index contributed by atoms with van der Waals surface area (Å²) in [4.78, 5) is 15.1. The fraction of sp³-hybridized carbons (Fsp3) is 0.412.